The van der Waals surface area contributed by atoms with Crippen LogP contribution in [0.2, 0.25) is 0 Å². The zero-order valence-electron chi connectivity index (χ0n) is 26.3. The molecule has 0 saturated carbocycles. The highest BCUT2D eigenvalue weighted by atomic mass is 32.2. The van der Waals surface area contributed by atoms with Crippen molar-refractivity contribution in [1.29, 1.82) is 0 Å². The van der Waals surface area contributed by atoms with E-state index in [2.05, 4.69) is 23.2 Å². The summed E-state index contributed by atoms with van der Waals surface area (Å²) in [5.74, 6) is -1.12. The van der Waals surface area contributed by atoms with E-state index in [-0.39, 0.29) is 49.1 Å². The van der Waals surface area contributed by atoms with Crippen LogP contribution >= 0.6 is 12.0 Å². The molecule has 0 spiro atoms. The van der Waals surface area contributed by atoms with E-state index in [1.165, 1.54) is 6.92 Å². The second kappa shape index (κ2) is 19.0. The van der Waals surface area contributed by atoms with Gasteiger partial charge in [0.25, 0.3) is 0 Å². The number of ether oxygens (including phenoxy) is 6. The molecule has 0 aliphatic carbocycles. The van der Waals surface area contributed by atoms with E-state index in [4.69, 9.17) is 33.7 Å². The highest BCUT2D eigenvalue weighted by Gasteiger charge is 2.36. The van der Waals surface area contributed by atoms with Crippen LogP contribution in [0.1, 0.15) is 103 Å². The summed E-state index contributed by atoms with van der Waals surface area (Å²) < 4.78 is 40.0. The molecular formula is C31H48O12S. The number of hydrogen-bond donors (Lipinski definition) is 2. The lowest BCUT2D eigenvalue weighted by Crippen LogP contribution is -2.44. The van der Waals surface area contributed by atoms with Gasteiger partial charge < -0.3 is 33.5 Å². The highest BCUT2D eigenvalue weighted by Crippen LogP contribution is 2.32. The molecule has 13 heteroatoms. The summed E-state index contributed by atoms with van der Waals surface area (Å²) in [6.07, 6.45) is 2.41. The van der Waals surface area contributed by atoms with E-state index in [1.807, 2.05) is 6.92 Å². The number of benzene rings is 1. The molecule has 250 valence electrons. The summed E-state index contributed by atoms with van der Waals surface area (Å²) in [5, 5.41) is 23.3. The first kappa shape index (κ1) is 36.7. The summed E-state index contributed by atoms with van der Waals surface area (Å²) in [4.78, 5) is 25.0. The SMILES string of the molecule is CCCC1OC(CC)CC(CC2CC(CC(O)CC(CC(C)OC(C)=O)OC(=O)c3ccccc3SOOO)OC(C)O2)O1. The van der Waals surface area contributed by atoms with Crippen LogP contribution in [0.3, 0.4) is 0 Å². The molecule has 44 heavy (non-hydrogen) atoms. The molecule has 9 atom stereocenters. The minimum atomic E-state index is -0.873. The lowest BCUT2D eigenvalue weighted by atomic mass is 9.94. The van der Waals surface area contributed by atoms with Gasteiger partial charge in [0.2, 0.25) is 0 Å². The van der Waals surface area contributed by atoms with Crippen molar-refractivity contribution in [2.24, 2.45) is 0 Å². The Hall–Kier alpha value is -1.81. The van der Waals surface area contributed by atoms with Crippen LogP contribution in [0, 0.1) is 0 Å². The zero-order valence-corrected chi connectivity index (χ0v) is 27.1. The van der Waals surface area contributed by atoms with Crippen LogP contribution in [-0.4, -0.2) is 77.6 Å². The van der Waals surface area contributed by atoms with E-state index < -0.39 is 36.5 Å². The molecule has 12 nitrogen and oxygen atoms in total. The monoisotopic (exact) mass is 644 g/mol. The average Bonchev–Trinajstić information content (AvgIpc) is 2.95. The molecule has 2 aliphatic rings. The van der Waals surface area contributed by atoms with Gasteiger partial charge in [0, 0.05) is 39.0 Å². The smallest absolute Gasteiger partial charge is 0.339 e. The normalized spacial score (nSPS) is 27.7. The Balaban J connectivity index is 1.62. The summed E-state index contributed by atoms with van der Waals surface area (Å²) in [7, 11) is 0. The van der Waals surface area contributed by atoms with Crippen molar-refractivity contribution >= 4 is 24.0 Å². The van der Waals surface area contributed by atoms with Gasteiger partial charge in [-0.1, -0.05) is 37.4 Å². The first-order valence-corrected chi connectivity index (χ1v) is 16.3. The van der Waals surface area contributed by atoms with E-state index in [0.717, 1.165) is 25.7 Å². The molecule has 0 aromatic heterocycles. The number of aliphatic hydroxyl groups excluding tert-OH is 1. The molecule has 1 aromatic rings. The second-order valence-electron chi connectivity index (χ2n) is 11.5. The Morgan fingerprint density at radius 1 is 1.00 bits per heavy atom. The topological polar surface area (TPSA) is 148 Å². The molecule has 9 unspecified atom stereocenters. The summed E-state index contributed by atoms with van der Waals surface area (Å²) in [6.45, 7) is 9.08. The molecule has 2 aliphatic heterocycles. The first-order chi connectivity index (χ1) is 21.1. The van der Waals surface area contributed by atoms with Crippen molar-refractivity contribution in [3.05, 3.63) is 29.8 Å². The Morgan fingerprint density at radius 3 is 2.39 bits per heavy atom. The molecule has 2 heterocycles. The largest absolute Gasteiger partial charge is 0.463 e. The average molecular weight is 645 g/mol. The minimum Gasteiger partial charge on any atom is -0.463 e. The fraction of sp³-hybridized carbons (Fsp3) is 0.742. The van der Waals surface area contributed by atoms with Crippen molar-refractivity contribution in [3.63, 3.8) is 0 Å². The molecule has 3 rings (SSSR count). The first-order valence-electron chi connectivity index (χ1n) is 15.5. The third kappa shape index (κ3) is 12.5. The Bertz CT molecular complexity index is 1010. The quantitative estimate of drug-likeness (QED) is 0.0919. The van der Waals surface area contributed by atoms with Gasteiger partial charge in [0.15, 0.2) is 12.6 Å². The maximum absolute atomic E-state index is 13.2. The van der Waals surface area contributed by atoms with Crippen LogP contribution in [0.25, 0.3) is 0 Å². The van der Waals surface area contributed by atoms with Crippen molar-refractivity contribution in [2.45, 2.75) is 153 Å². The Labute approximate surface area is 264 Å². The second-order valence-corrected chi connectivity index (χ2v) is 12.2. The van der Waals surface area contributed by atoms with Gasteiger partial charge in [-0.25, -0.2) is 10.1 Å². The van der Waals surface area contributed by atoms with Gasteiger partial charge in [0.1, 0.15) is 12.2 Å². The lowest BCUT2D eigenvalue weighted by molar-refractivity contribution is -0.432. The fourth-order valence-electron chi connectivity index (χ4n) is 5.80. The molecule has 0 bridgehead atoms. The van der Waals surface area contributed by atoms with Crippen LogP contribution < -0.4 is 0 Å². The van der Waals surface area contributed by atoms with Crippen LogP contribution in [0.15, 0.2) is 29.2 Å². The van der Waals surface area contributed by atoms with Crippen LogP contribution in [0.4, 0.5) is 0 Å². The maximum Gasteiger partial charge on any atom is 0.339 e. The van der Waals surface area contributed by atoms with Gasteiger partial charge in [-0.15, -0.1) is 4.33 Å². The third-order valence-corrected chi connectivity index (χ3v) is 8.24. The lowest BCUT2D eigenvalue weighted by Gasteiger charge is -2.40. The van der Waals surface area contributed by atoms with Crippen molar-refractivity contribution in [3.8, 4) is 0 Å². The maximum atomic E-state index is 13.2. The Kier molecular flexibility index (Phi) is 15.8. The molecule has 2 saturated heterocycles. The van der Waals surface area contributed by atoms with E-state index in [9.17, 15) is 14.7 Å². The van der Waals surface area contributed by atoms with Gasteiger partial charge in [-0.05, 0) is 45.2 Å². The molecular weight excluding hydrogens is 596 g/mol. The molecule has 0 radical (unpaired) electrons. The number of carbonyl (C=O) groups excluding carboxylic acids is 2. The molecule has 1 aromatic carbocycles. The number of esters is 2. The van der Waals surface area contributed by atoms with Gasteiger partial charge in [0.05, 0.1) is 53.0 Å². The Morgan fingerprint density at radius 2 is 1.68 bits per heavy atom. The third-order valence-electron chi connectivity index (χ3n) is 7.58. The molecule has 2 N–H and O–H groups in total. The summed E-state index contributed by atoms with van der Waals surface area (Å²) >= 11 is 0.642. The van der Waals surface area contributed by atoms with E-state index in [0.29, 0.717) is 36.2 Å². The number of rotatable bonds is 17. The van der Waals surface area contributed by atoms with Gasteiger partial charge in [-0.3, -0.25) is 4.79 Å². The number of aliphatic hydroxyl groups is 1. The summed E-state index contributed by atoms with van der Waals surface area (Å²) in [5.41, 5.74) is 0.181. The molecule has 0 amide bonds. The van der Waals surface area contributed by atoms with Crippen molar-refractivity contribution < 1.29 is 57.7 Å². The summed E-state index contributed by atoms with van der Waals surface area (Å²) in [6, 6.07) is 6.49. The van der Waals surface area contributed by atoms with E-state index >= 15 is 0 Å². The van der Waals surface area contributed by atoms with Crippen LogP contribution in [-0.2, 0) is 42.6 Å². The number of hydrogen-bond acceptors (Lipinski definition) is 13. The predicted octanol–water partition coefficient (Wildman–Crippen LogP) is 5.74. The molecule has 2 fully saturated rings. The van der Waals surface area contributed by atoms with Crippen molar-refractivity contribution in [1.82, 2.24) is 0 Å². The zero-order chi connectivity index (χ0) is 32.1. The minimum absolute atomic E-state index is 0.0214. The van der Waals surface area contributed by atoms with Crippen LogP contribution in [0.5, 0.6) is 0 Å². The van der Waals surface area contributed by atoms with Gasteiger partial charge in [-0.2, -0.15) is 0 Å². The standard InChI is InChI=1S/C31H48O12S/c1-6-10-30-39-23(7-2)16-27(40-30)18-26-17-25(37-21(5)38-26)15-22(33)14-24(13-19(3)36-20(4)32)41-31(34)28-11-8-9-12-29(28)44-43-42-35/h8-9,11-12,19,21-27,30,33,35H,6-7,10,13-18H2,1-5H3. The van der Waals surface area contributed by atoms with Crippen molar-refractivity contribution in [2.75, 3.05) is 0 Å². The number of carbonyl (C=O) groups is 2. The predicted molar refractivity (Wildman–Crippen MR) is 159 cm³/mol. The highest BCUT2D eigenvalue weighted by molar-refractivity contribution is 7.94. The fourth-order valence-corrected chi connectivity index (χ4v) is 6.28. The van der Waals surface area contributed by atoms with Gasteiger partial charge >= 0.3 is 11.9 Å². The van der Waals surface area contributed by atoms with E-state index in [1.54, 1.807) is 31.2 Å².